The number of carbonyl (C=O) groups is 1. The number of carbonyl (C=O) groups excluding carboxylic acids is 1. The average molecular weight is 507 g/mol. The first-order valence-electron chi connectivity index (χ1n) is 12.8. The number of hydrogen-bond donors (Lipinski definition) is 2. The molecule has 0 atom stereocenters. The number of benzene rings is 4. The first-order chi connectivity index (χ1) is 19.1. The van der Waals surface area contributed by atoms with Crippen molar-refractivity contribution in [2.45, 2.75) is 6.92 Å². The Morgan fingerprint density at radius 1 is 0.718 bits per heavy atom. The standard InChI is InChI=1S/C34H26N4O/c1-23(39)35-28-19-17-25(18-20-28)30-22-32(27-15-9-4-10-16-27)37-34(30)38-33-29(24-11-5-2-6-12-24)21-31(36-33)26-13-7-3-8-14-26/h2-22,37H,1H3,(H,35,39)/b38-33-. The second-order valence-corrected chi connectivity index (χ2v) is 9.29. The summed E-state index contributed by atoms with van der Waals surface area (Å²) < 4.78 is 0. The van der Waals surface area contributed by atoms with Crippen LogP contribution in [0.4, 0.5) is 11.5 Å². The topological polar surface area (TPSA) is 69.6 Å². The summed E-state index contributed by atoms with van der Waals surface area (Å²) in [6.45, 7) is 1.50. The van der Waals surface area contributed by atoms with Crippen LogP contribution in [0.15, 0.2) is 137 Å². The number of anilines is 1. The van der Waals surface area contributed by atoms with Gasteiger partial charge >= 0.3 is 0 Å². The maximum absolute atomic E-state index is 11.5. The van der Waals surface area contributed by atoms with Crippen molar-refractivity contribution in [3.63, 3.8) is 0 Å². The lowest BCUT2D eigenvalue weighted by Crippen LogP contribution is -2.05. The minimum atomic E-state index is -0.101. The SMILES string of the molecule is CC(=O)Nc1ccc(-c2cc(-c3ccccc3)[nH]c2/N=C2\N=C(c3ccccc3)C=C2c2ccccc2)cc1. The molecule has 1 aliphatic rings. The van der Waals surface area contributed by atoms with Crippen LogP contribution in [0.1, 0.15) is 18.1 Å². The van der Waals surface area contributed by atoms with Crippen LogP contribution < -0.4 is 5.32 Å². The molecule has 5 nitrogen and oxygen atoms in total. The molecule has 1 aromatic heterocycles. The van der Waals surface area contributed by atoms with Gasteiger partial charge in [0.15, 0.2) is 5.84 Å². The highest BCUT2D eigenvalue weighted by atomic mass is 16.1. The molecule has 0 bridgehead atoms. The molecular weight excluding hydrogens is 480 g/mol. The van der Waals surface area contributed by atoms with E-state index in [0.29, 0.717) is 5.84 Å². The molecule has 2 heterocycles. The molecule has 0 saturated carbocycles. The molecule has 6 rings (SSSR count). The molecule has 4 aromatic carbocycles. The Kier molecular flexibility index (Phi) is 6.54. The predicted octanol–water partition coefficient (Wildman–Crippen LogP) is 7.92. The Balaban J connectivity index is 1.49. The highest BCUT2D eigenvalue weighted by Gasteiger charge is 2.21. The third kappa shape index (κ3) is 5.24. The smallest absolute Gasteiger partial charge is 0.221 e. The first kappa shape index (κ1) is 24.1. The van der Waals surface area contributed by atoms with Gasteiger partial charge in [-0.2, -0.15) is 0 Å². The summed E-state index contributed by atoms with van der Waals surface area (Å²) >= 11 is 0. The monoisotopic (exact) mass is 506 g/mol. The fraction of sp³-hybridized carbons (Fsp3) is 0.0294. The zero-order chi connectivity index (χ0) is 26.6. The van der Waals surface area contributed by atoms with Gasteiger partial charge in [0, 0.05) is 35.0 Å². The Morgan fingerprint density at radius 3 is 1.92 bits per heavy atom. The Hall–Kier alpha value is -5.29. The number of H-pyrrole nitrogens is 1. The number of aromatic nitrogens is 1. The molecule has 0 aliphatic carbocycles. The predicted molar refractivity (Wildman–Crippen MR) is 160 cm³/mol. The fourth-order valence-electron chi connectivity index (χ4n) is 4.65. The van der Waals surface area contributed by atoms with Gasteiger partial charge in [-0.15, -0.1) is 0 Å². The second kappa shape index (κ2) is 10.6. The summed E-state index contributed by atoms with van der Waals surface area (Å²) in [5, 5.41) is 2.83. The van der Waals surface area contributed by atoms with Crippen molar-refractivity contribution in [3.8, 4) is 22.4 Å². The van der Waals surface area contributed by atoms with E-state index < -0.39 is 0 Å². The van der Waals surface area contributed by atoms with Gasteiger partial charge < -0.3 is 10.3 Å². The van der Waals surface area contributed by atoms with Crippen molar-refractivity contribution >= 4 is 34.5 Å². The van der Waals surface area contributed by atoms with Crippen LogP contribution in [-0.2, 0) is 4.79 Å². The van der Waals surface area contributed by atoms with E-state index in [4.69, 9.17) is 9.98 Å². The zero-order valence-corrected chi connectivity index (χ0v) is 21.4. The van der Waals surface area contributed by atoms with E-state index in [-0.39, 0.29) is 5.91 Å². The lowest BCUT2D eigenvalue weighted by atomic mass is 10.0. The summed E-state index contributed by atoms with van der Waals surface area (Å²) in [7, 11) is 0. The van der Waals surface area contributed by atoms with Crippen LogP contribution in [0.2, 0.25) is 0 Å². The van der Waals surface area contributed by atoms with E-state index in [1.165, 1.54) is 6.92 Å². The maximum atomic E-state index is 11.5. The quantitative estimate of drug-likeness (QED) is 0.241. The zero-order valence-electron chi connectivity index (χ0n) is 21.4. The molecule has 5 heteroatoms. The Bertz CT molecular complexity index is 1710. The summed E-state index contributed by atoms with van der Waals surface area (Å²) in [4.78, 5) is 25.1. The number of rotatable bonds is 6. The number of allylic oxidation sites excluding steroid dienone is 1. The van der Waals surface area contributed by atoms with Gasteiger partial charge in [-0.05, 0) is 41.0 Å². The lowest BCUT2D eigenvalue weighted by Gasteiger charge is -2.06. The normalized spacial score (nSPS) is 13.7. The second-order valence-electron chi connectivity index (χ2n) is 9.29. The first-order valence-corrected chi connectivity index (χ1v) is 12.8. The molecule has 0 unspecified atom stereocenters. The van der Waals surface area contributed by atoms with Crippen molar-refractivity contribution in [1.82, 2.24) is 4.98 Å². The molecule has 188 valence electrons. The van der Waals surface area contributed by atoms with Crippen molar-refractivity contribution in [3.05, 3.63) is 139 Å². The number of hydrogen-bond acceptors (Lipinski definition) is 2. The van der Waals surface area contributed by atoms with Crippen LogP contribution in [0.25, 0.3) is 28.0 Å². The number of nitrogens with zero attached hydrogens (tertiary/aromatic N) is 2. The number of amidine groups is 1. The van der Waals surface area contributed by atoms with Crippen LogP contribution in [0.3, 0.4) is 0 Å². The molecule has 0 saturated heterocycles. The number of amides is 1. The molecule has 0 fully saturated rings. The molecule has 39 heavy (non-hydrogen) atoms. The summed E-state index contributed by atoms with van der Waals surface area (Å²) in [5.74, 6) is 1.27. The lowest BCUT2D eigenvalue weighted by molar-refractivity contribution is -0.114. The van der Waals surface area contributed by atoms with Gasteiger partial charge in [0.2, 0.25) is 5.91 Å². The molecule has 0 radical (unpaired) electrons. The Morgan fingerprint density at radius 2 is 1.31 bits per heavy atom. The van der Waals surface area contributed by atoms with E-state index in [9.17, 15) is 4.79 Å². The molecule has 0 spiro atoms. The van der Waals surface area contributed by atoms with Gasteiger partial charge in [0.1, 0.15) is 5.82 Å². The molecule has 5 aromatic rings. The largest absolute Gasteiger partial charge is 0.339 e. The molecule has 1 amide bonds. The third-order valence-electron chi connectivity index (χ3n) is 6.52. The maximum Gasteiger partial charge on any atom is 0.221 e. The van der Waals surface area contributed by atoms with Crippen LogP contribution in [0, 0.1) is 0 Å². The third-order valence-corrected chi connectivity index (χ3v) is 6.52. The van der Waals surface area contributed by atoms with E-state index >= 15 is 0 Å². The molecule has 1 aliphatic heterocycles. The summed E-state index contributed by atoms with van der Waals surface area (Å²) in [5.41, 5.74) is 8.67. The van der Waals surface area contributed by atoms with Crippen molar-refractivity contribution in [2.75, 3.05) is 5.32 Å². The van der Waals surface area contributed by atoms with E-state index in [1.807, 2.05) is 78.9 Å². The van der Waals surface area contributed by atoms with Crippen molar-refractivity contribution in [2.24, 2.45) is 9.98 Å². The fourth-order valence-corrected chi connectivity index (χ4v) is 4.65. The van der Waals surface area contributed by atoms with Crippen LogP contribution in [-0.4, -0.2) is 22.4 Å². The van der Waals surface area contributed by atoms with Crippen molar-refractivity contribution in [1.29, 1.82) is 0 Å². The van der Waals surface area contributed by atoms with Gasteiger partial charge in [-0.25, -0.2) is 9.98 Å². The highest BCUT2D eigenvalue weighted by molar-refractivity contribution is 6.38. The van der Waals surface area contributed by atoms with Crippen LogP contribution >= 0.6 is 0 Å². The van der Waals surface area contributed by atoms with Gasteiger partial charge in [-0.1, -0.05) is 103 Å². The van der Waals surface area contributed by atoms with Gasteiger partial charge in [0.25, 0.3) is 0 Å². The number of aromatic amines is 1. The number of aliphatic imine (C=N–C) groups is 2. The minimum Gasteiger partial charge on any atom is -0.339 e. The van der Waals surface area contributed by atoms with E-state index in [1.54, 1.807) is 0 Å². The number of nitrogens with one attached hydrogen (secondary N) is 2. The molecule has 2 N–H and O–H groups in total. The average Bonchev–Trinajstić information content (AvgIpc) is 3.60. The summed E-state index contributed by atoms with van der Waals surface area (Å²) in [6.07, 6.45) is 2.10. The van der Waals surface area contributed by atoms with Gasteiger partial charge in [0.05, 0.1) is 5.71 Å². The van der Waals surface area contributed by atoms with E-state index in [2.05, 4.69) is 58.8 Å². The Labute approximate surface area is 227 Å². The minimum absolute atomic E-state index is 0.101. The van der Waals surface area contributed by atoms with E-state index in [0.717, 1.165) is 56.3 Å². The highest BCUT2D eigenvalue weighted by Crippen LogP contribution is 2.37. The van der Waals surface area contributed by atoms with Crippen LogP contribution in [0.5, 0.6) is 0 Å². The summed E-state index contributed by atoms with van der Waals surface area (Å²) in [6, 6.07) is 40.5. The van der Waals surface area contributed by atoms with Gasteiger partial charge in [-0.3, -0.25) is 4.79 Å². The molecular formula is C34H26N4O. The van der Waals surface area contributed by atoms with Crippen molar-refractivity contribution < 1.29 is 4.79 Å².